The van der Waals surface area contributed by atoms with E-state index in [0.29, 0.717) is 37.6 Å². The predicted octanol–water partition coefficient (Wildman–Crippen LogP) is 2.35. The Hall–Kier alpha value is -1.59. The van der Waals surface area contributed by atoms with Crippen molar-refractivity contribution in [3.8, 4) is 5.75 Å². The zero-order chi connectivity index (χ0) is 16.2. The monoisotopic (exact) mass is 307 g/mol. The maximum absolute atomic E-state index is 12.8. The fourth-order valence-electron chi connectivity index (χ4n) is 2.79. The summed E-state index contributed by atoms with van der Waals surface area (Å²) in [5.41, 5.74) is 0.258. The van der Waals surface area contributed by atoms with Gasteiger partial charge in [-0.05, 0) is 39.0 Å². The smallest absolute Gasteiger partial charge is 0.254 e. The molecule has 1 unspecified atom stereocenters. The van der Waals surface area contributed by atoms with Crippen LogP contribution in [-0.4, -0.2) is 55.9 Å². The molecule has 1 amide bonds. The molecule has 0 N–H and O–H groups in total. The zero-order valence-electron chi connectivity index (χ0n) is 13.8. The first kappa shape index (κ1) is 16.8. The van der Waals surface area contributed by atoms with Crippen LogP contribution in [0.2, 0.25) is 0 Å². The van der Waals surface area contributed by atoms with Crippen molar-refractivity contribution in [2.24, 2.45) is 0 Å². The van der Waals surface area contributed by atoms with Gasteiger partial charge in [0, 0.05) is 25.8 Å². The van der Waals surface area contributed by atoms with E-state index in [1.165, 1.54) is 0 Å². The SMILES string of the molecule is CCOc1cccc(C(=O)N2CC(COC)OC(C)(C)C2)c1. The van der Waals surface area contributed by atoms with E-state index in [9.17, 15) is 4.79 Å². The van der Waals surface area contributed by atoms with E-state index in [4.69, 9.17) is 14.2 Å². The van der Waals surface area contributed by atoms with Gasteiger partial charge in [0.05, 0.1) is 24.9 Å². The normalized spacial score (nSPS) is 20.7. The number of nitrogens with zero attached hydrogens (tertiary/aromatic N) is 1. The number of rotatable bonds is 5. The Morgan fingerprint density at radius 3 is 2.91 bits per heavy atom. The highest BCUT2D eigenvalue weighted by molar-refractivity contribution is 5.94. The highest BCUT2D eigenvalue weighted by Gasteiger charge is 2.35. The summed E-state index contributed by atoms with van der Waals surface area (Å²) in [7, 11) is 1.64. The van der Waals surface area contributed by atoms with E-state index < -0.39 is 0 Å². The van der Waals surface area contributed by atoms with Crippen molar-refractivity contribution in [2.75, 3.05) is 33.4 Å². The van der Waals surface area contributed by atoms with Crippen LogP contribution in [0.5, 0.6) is 5.75 Å². The summed E-state index contributed by atoms with van der Waals surface area (Å²) in [6.45, 7) is 8.07. The quantitative estimate of drug-likeness (QED) is 0.838. The number of hydrogen-bond acceptors (Lipinski definition) is 4. The first-order chi connectivity index (χ1) is 10.4. The molecule has 1 fully saturated rings. The number of amides is 1. The van der Waals surface area contributed by atoms with E-state index in [-0.39, 0.29) is 17.6 Å². The van der Waals surface area contributed by atoms with E-state index >= 15 is 0 Å². The second-order valence-electron chi connectivity index (χ2n) is 6.10. The van der Waals surface area contributed by atoms with Gasteiger partial charge >= 0.3 is 0 Å². The third kappa shape index (κ3) is 4.21. The molecule has 5 heteroatoms. The Morgan fingerprint density at radius 1 is 1.45 bits per heavy atom. The summed E-state index contributed by atoms with van der Waals surface area (Å²) in [5.74, 6) is 0.716. The molecule has 1 aliphatic rings. The minimum atomic E-state index is -0.380. The molecule has 1 atom stereocenters. The second-order valence-corrected chi connectivity index (χ2v) is 6.10. The molecule has 0 aromatic heterocycles. The van der Waals surface area contributed by atoms with Crippen LogP contribution in [-0.2, 0) is 9.47 Å². The lowest BCUT2D eigenvalue weighted by atomic mass is 10.0. The molecule has 22 heavy (non-hydrogen) atoms. The summed E-state index contributed by atoms with van der Waals surface area (Å²) in [4.78, 5) is 14.6. The van der Waals surface area contributed by atoms with Crippen molar-refractivity contribution in [1.82, 2.24) is 4.90 Å². The number of benzene rings is 1. The summed E-state index contributed by atoms with van der Waals surface area (Å²) in [5, 5.41) is 0. The molecule has 1 saturated heterocycles. The minimum Gasteiger partial charge on any atom is -0.494 e. The molecule has 0 spiro atoms. The molecule has 0 saturated carbocycles. The maximum atomic E-state index is 12.8. The van der Waals surface area contributed by atoms with Gasteiger partial charge in [0.25, 0.3) is 5.91 Å². The third-order valence-corrected chi connectivity index (χ3v) is 3.51. The Bertz CT molecular complexity index is 515. The molecule has 122 valence electrons. The van der Waals surface area contributed by atoms with Gasteiger partial charge in [-0.1, -0.05) is 6.07 Å². The van der Waals surface area contributed by atoms with Gasteiger partial charge in [0.15, 0.2) is 0 Å². The van der Waals surface area contributed by atoms with E-state index in [1.54, 1.807) is 13.2 Å². The molecule has 1 heterocycles. The Labute approximate surface area is 132 Å². The van der Waals surface area contributed by atoms with Crippen LogP contribution in [0.4, 0.5) is 0 Å². The van der Waals surface area contributed by atoms with Gasteiger partial charge in [0.1, 0.15) is 5.75 Å². The lowest BCUT2D eigenvalue weighted by Crippen LogP contribution is -2.55. The van der Waals surface area contributed by atoms with E-state index in [2.05, 4.69) is 0 Å². The summed E-state index contributed by atoms with van der Waals surface area (Å²) >= 11 is 0. The van der Waals surface area contributed by atoms with Crippen LogP contribution in [0.1, 0.15) is 31.1 Å². The van der Waals surface area contributed by atoms with Gasteiger partial charge in [-0.2, -0.15) is 0 Å². The van der Waals surface area contributed by atoms with Crippen LogP contribution < -0.4 is 4.74 Å². The van der Waals surface area contributed by atoms with Crippen molar-refractivity contribution in [1.29, 1.82) is 0 Å². The number of carbonyl (C=O) groups is 1. The number of morpholine rings is 1. The lowest BCUT2D eigenvalue weighted by molar-refractivity contribution is -0.143. The molecule has 0 aliphatic carbocycles. The first-order valence-corrected chi connectivity index (χ1v) is 7.64. The average Bonchev–Trinajstić information content (AvgIpc) is 2.46. The average molecular weight is 307 g/mol. The Morgan fingerprint density at radius 2 is 2.23 bits per heavy atom. The summed E-state index contributed by atoms with van der Waals surface area (Å²) in [6.07, 6.45) is -0.104. The van der Waals surface area contributed by atoms with Crippen molar-refractivity contribution in [3.63, 3.8) is 0 Å². The number of hydrogen-bond donors (Lipinski definition) is 0. The summed E-state index contributed by atoms with van der Waals surface area (Å²) in [6, 6.07) is 7.31. The maximum Gasteiger partial charge on any atom is 0.254 e. The third-order valence-electron chi connectivity index (χ3n) is 3.51. The molecular weight excluding hydrogens is 282 g/mol. The standard InChI is InChI=1S/C17H25NO4/c1-5-21-14-8-6-7-13(9-14)16(19)18-10-15(11-20-4)22-17(2,3)12-18/h6-9,15H,5,10-12H2,1-4H3. The molecule has 5 nitrogen and oxygen atoms in total. The largest absolute Gasteiger partial charge is 0.494 e. The van der Waals surface area contributed by atoms with Crippen LogP contribution in [0.25, 0.3) is 0 Å². The van der Waals surface area contributed by atoms with E-state index in [0.717, 1.165) is 0 Å². The van der Waals surface area contributed by atoms with Gasteiger partial charge < -0.3 is 19.1 Å². The fraction of sp³-hybridized carbons (Fsp3) is 0.588. The van der Waals surface area contributed by atoms with Crippen LogP contribution in [0.3, 0.4) is 0 Å². The number of ether oxygens (including phenoxy) is 3. The van der Waals surface area contributed by atoms with Crippen LogP contribution in [0.15, 0.2) is 24.3 Å². The molecule has 2 rings (SSSR count). The Balaban J connectivity index is 2.15. The predicted molar refractivity (Wildman–Crippen MR) is 84.3 cm³/mol. The van der Waals surface area contributed by atoms with Crippen molar-refractivity contribution < 1.29 is 19.0 Å². The molecule has 0 bridgehead atoms. The van der Waals surface area contributed by atoms with Crippen molar-refractivity contribution >= 4 is 5.91 Å². The van der Waals surface area contributed by atoms with Gasteiger partial charge in [-0.15, -0.1) is 0 Å². The van der Waals surface area contributed by atoms with E-state index in [1.807, 2.05) is 43.9 Å². The van der Waals surface area contributed by atoms with Crippen molar-refractivity contribution in [2.45, 2.75) is 32.5 Å². The molecular formula is C17H25NO4. The zero-order valence-corrected chi connectivity index (χ0v) is 13.8. The minimum absolute atomic E-state index is 0.000897. The number of carbonyl (C=O) groups excluding carboxylic acids is 1. The van der Waals surface area contributed by atoms with Crippen LogP contribution in [0, 0.1) is 0 Å². The van der Waals surface area contributed by atoms with Gasteiger partial charge in [-0.25, -0.2) is 0 Å². The topological polar surface area (TPSA) is 48.0 Å². The highest BCUT2D eigenvalue weighted by atomic mass is 16.5. The molecule has 1 aromatic carbocycles. The van der Waals surface area contributed by atoms with Gasteiger partial charge in [0.2, 0.25) is 0 Å². The lowest BCUT2D eigenvalue weighted by Gasteiger charge is -2.42. The molecule has 1 aromatic rings. The van der Waals surface area contributed by atoms with Crippen molar-refractivity contribution in [3.05, 3.63) is 29.8 Å². The Kier molecular flexibility index (Phi) is 5.42. The van der Waals surface area contributed by atoms with Crippen LogP contribution >= 0.6 is 0 Å². The summed E-state index contributed by atoms with van der Waals surface area (Å²) < 4.78 is 16.6. The number of methoxy groups -OCH3 is 1. The second kappa shape index (κ2) is 7.11. The first-order valence-electron chi connectivity index (χ1n) is 7.64. The fourth-order valence-corrected chi connectivity index (χ4v) is 2.79. The molecule has 1 aliphatic heterocycles. The molecule has 0 radical (unpaired) electrons. The highest BCUT2D eigenvalue weighted by Crippen LogP contribution is 2.23. The van der Waals surface area contributed by atoms with Gasteiger partial charge in [-0.3, -0.25) is 4.79 Å².